The third-order valence-electron chi connectivity index (χ3n) is 5.32. The van der Waals surface area contributed by atoms with E-state index in [1.165, 1.54) is 75.5 Å². The minimum atomic E-state index is -0.725. The lowest BCUT2D eigenvalue weighted by Crippen LogP contribution is -2.44. The number of hydrogen-bond acceptors (Lipinski definition) is 4. The van der Waals surface area contributed by atoms with Crippen LogP contribution in [0.3, 0.4) is 0 Å². The van der Waals surface area contributed by atoms with Gasteiger partial charge < -0.3 is 15.5 Å². The molecular weight excluding hydrogens is 383 g/mol. The molecule has 0 rings (SSSR count). The van der Waals surface area contributed by atoms with Gasteiger partial charge in [0.2, 0.25) is 5.91 Å². The van der Waals surface area contributed by atoms with Crippen LogP contribution < -0.4 is 5.32 Å². The number of rotatable bonds is 20. The SMILES string of the molecule is CCCCCCCC/C=C\CCCCCCCC(=O)NCCN(C(C)O)C(C)O.F. The van der Waals surface area contributed by atoms with Gasteiger partial charge in [0.05, 0.1) is 0 Å². The molecule has 0 aromatic carbocycles. The van der Waals surface area contributed by atoms with Gasteiger partial charge in [-0.1, -0.05) is 70.4 Å². The van der Waals surface area contributed by atoms with E-state index in [1.807, 2.05) is 0 Å². The number of allylic oxidation sites excluding steroid dienone is 2. The fourth-order valence-electron chi connectivity index (χ4n) is 3.45. The van der Waals surface area contributed by atoms with Crippen LogP contribution in [0.25, 0.3) is 0 Å². The molecule has 0 saturated carbocycles. The lowest BCUT2D eigenvalue weighted by molar-refractivity contribution is -0.122. The van der Waals surface area contributed by atoms with Gasteiger partial charge >= 0.3 is 0 Å². The van der Waals surface area contributed by atoms with Gasteiger partial charge in [0.25, 0.3) is 0 Å². The number of amides is 1. The van der Waals surface area contributed by atoms with Crippen molar-refractivity contribution in [3.8, 4) is 0 Å². The third-order valence-corrected chi connectivity index (χ3v) is 5.32. The Hall–Kier alpha value is -0.980. The van der Waals surface area contributed by atoms with E-state index < -0.39 is 12.5 Å². The summed E-state index contributed by atoms with van der Waals surface area (Å²) in [6, 6.07) is 0. The van der Waals surface area contributed by atoms with E-state index in [4.69, 9.17) is 0 Å². The second-order valence-electron chi connectivity index (χ2n) is 8.19. The molecule has 6 heteroatoms. The molecule has 0 aromatic heterocycles. The van der Waals surface area contributed by atoms with Crippen molar-refractivity contribution in [2.45, 2.75) is 123 Å². The van der Waals surface area contributed by atoms with Crippen molar-refractivity contribution in [3.63, 3.8) is 0 Å². The highest BCUT2D eigenvalue weighted by Gasteiger charge is 2.15. The van der Waals surface area contributed by atoms with E-state index in [2.05, 4.69) is 24.4 Å². The first kappa shape index (κ1) is 31.2. The summed E-state index contributed by atoms with van der Waals surface area (Å²) in [5.74, 6) is 0.0544. The van der Waals surface area contributed by atoms with Crippen molar-refractivity contribution in [2.24, 2.45) is 0 Å². The summed E-state index contributed by atoms with van der Waals surface area (Å²) in [6.07, 6.45) is 20.1. The first-order valence-corrected chi connectivity index (χ1v) is 12.0. The standard InChI is InChI=1S/C24H48N2O3.FH/c1-4-5-6-7-8-9-10-11-12-13-14-15-16-17-18-19-24(29)25-20-21-26(22(2)27)23(3)28;/h11-12,22-23,27-28H,4-10,13-21H2,1-3H3,(H,25,29);1H/b12-11-;. The molecule has 30 heavy (non-hydrogen) atoms. The van der Waals surface area contributed by atoms with Crippen LogP contribution in [0.4, 0.5) is 4.70 Å². The Kier molecular flexibility index (Phi) is 23.6. The second-order valence-corrected chi connectivity index (χ2v) is 8.19. The molecule has 5 nitrogen and oxygen atoms in total. The summed E-state index contributed by atoms with van der Waals surface area (Å²) in [4.78, 5) is 13.4. The number of halogens is 1. The molecule has 1 amide bonds. The largest absolute Gasteiger partial charge is 0.379 e. The van der Waals surface area contributed by atoms with Gasteiger partial charge in [0.15, 0.2) is 0 Å². The number of nitrogens with zero attached hydrogens (tertiary/aromatic N) is 1. The van der Waals surface area contributed by atoms with Crippen LogP contribution in [0.2, 0.25) is 0 Å². The van der Waals surface area contributed by atoms with Crippen molar-refractivity contribution in [1.82, 2.24) is 10.2 Å². The zero-order valence-electron chi connectivity index (χ0n) is 19.8. The summed E-state index contributed by atoms with van der Waals surface area (Å²) in [5, 5.41) is 22.0. The topological polar surface area (TPSA) is 72.8 Å². The Balaban J connectivity index is 0. The molecule has 3 N–H and O–H groups in total. The number of aliphatic hydroxyl groups is 2. The van der Waals surface area contributed by atoms with Crippen LogP contribution in [0.1, 0.15) is 111 Å². The zero-order chi connectivity index (χ0) is 21.7. The van der Waals surface area contributed by atoms with Crippen LogP contribution in [0, 0.1) is 0 Å². The normalized spacial score (nSPS) is 13.4. The average molecular weight is 433 g/mol. The first-order chi connectivity index (χ1) is 14.0. The zero-order valence-corrected chi connectivity index (χ0v) is 19.8. The number of carbonyl (C=O) groups is 1. The van der Waals surface area contributed by atoms with Gasteiger partial charge in [0, 0.05) is 19.5 Å². The molecule has 180 valence electrons. The summed E-state index contributed by atoms with van der Waals surface area (Å²) >= 11 is 0. The summed E-state index contributed by atoms with van der Waals surface area (Å²) in [7, 11) is 0. The number of unbranched alkanes of at least 4 members (excludes halogenated alkanes) is 11. The highest BCUT2D eigenvalue weighted by Crippen LogP contribution is 2.10. The third kappa shape index (κ3) is 20.3. The minimum Gasteiger partial charge on any atom is -0.379 e. The van der Waals surface area contributed by atoms with E-state index in [1.54, 1.807) is 13.8 Å². The molecule has 0 aliphatic heterocycles. The van der Waals surface area contributed by atoms with E-state index in [0.717, 1.165) is 12.8 Å². The molecule has 0 aromatic rings. The number of hydrogen-bond donors (Lipinski definition) is 3. The van der Waals surface area contributed by atoms with Crippen LogP contribution >= 0.6 is 0 Å². The van der Waals surface area contributed by atoms with Gasteiger partial charge in [-0.25, -0.2) is 0 Å². The summed E-state index contributed by atoms with van der Waals surface area (Å²) < 4.78 is 0. The molecule has 0 spiro atoms. The first-order valence-electron chi connectivity index (χ1n) is 12.0. The monoisotopic (exact) mass is 432 g/mol. The van der Waals surface area contributed by atoms with E-state index in [-0.39, 0.29) is 10.6 Å². The van der Waals surface area contributed by atoms with Crippen LogP contribution in [0.15, 0.2) is 12.2 Å². The summed E-state index contributed by atoms with van der Waals surface area (Å²) in [5.41, 5.74) is 0. The maximum absolute atomic E-state index is 11.8. The Morgan fingerprint density at radius 3 is 1.80 bits per heavy atom. The average Bonchev–Trinajstić information content (AvgIpc) is 2.67. The second kappa shape index (κ2) is 22.7. The van der Waals surface area contributed by atoms with E-state index in [9.17, 15) is 15.0 Å². The van der Waals surface area contributed by atoms with Crippen LogP contribution in [-0.2, 0) is 4.79 Å². The molecule has 2 atom stereocenters. The highest BCUT2D eigenvalue weighted by atomic mass is 19.0. The smallest absolute Gasteiger partial charge is 0.220 e. The summed E-state index contributed by atoms with van der Waals surface area (Å²) in [6.45, 7) is 6.36. The van der Waals surface area contributed by atoms with Crippen LogP contribution in [-0.4, -0.2) is 46.6 Å². The Bertz CT molecular complexity index is 396. The van der Waals surface area contributed by atoms with Crippen molar-refractivity contribution in [3.05, 3.63) is 12.2 Å². The Morgan fingerprint density at radius 1 is 0.833 bits per heavy atom. The maximum Gasteiger partial charge on any atom is 0.220 e. The predicted octanol–water partition coefficient (Wildman–Crippen LogP) is 5.27. The van der Waals surface area contributed by atoms with E-state index >= 15 is 0 Å². The van der Waals surface area contributed by atoms with Gasteiger partial charge in [-0.3, -0.25) is 14.4 Å². The van der Waals surface area contributed by atoms with E-state index in [0.29, 0.717) is 19.5 Å². The number of nitrogens with one attached hydrogen (secondary N) is 1. The Labute approximate surface area is 184 Å². The number of carbonyl (C=O) groups excluding carboxylic acids is 1. The molecule has 2 unspecified atom stereocenters. The predicted molar refractivity (Wildman–Crippen MR) is 125 cm³/mol. The fourth-order valence-corrected chi connectivity index (χ4v) is 3.45. The minimum absolute atomic E-state index is 0. The molecule has 0 saturated heterocycles. The van der Waals surface area contributed by atoms with Crippen LogP contribution in [0.5, 0.6) is 0 Å². The fraction of sp³-hybridized carbons (Fsp3) is 0.875. The van der Waals surface area contributed by atoms with Gasteiger partial charge in [-0.05, 0) is 46.0 Å². The lowest BCUT2D eigenvalue weighted by Gasteiger charge is -2.27. The quantitative estimate of drug-likeness (QED) is 0.139. The lowest BCUT2D eigenvalue weighted by atomic mass is 10.1. The molecule has 0 fully saturated rings. The molecule has 0 radical (unpaired) electrons. The molecular formula is C24H49FN2O3. The van der Waals surface area contributed by atoms with Crippen molar-refractivity contribution in [2.75, 3.05) is 13.1 Å². The molecule has 0 aliphatic carbocycles. The van der Waals surface area contributed by atoms with Crippen molar-refractivity contribution < 1.29 is 19.7 Å². The molecule has 0 aliphatic rings. The molecule has 0 heterocycles. The van der Waals surface area contributed by atoms with Gasteiger partial charge in [-0.15, -0.1) is 0 Å². The highest BCUT2D eigenvalue weighted by molar-refractivity contribution is 5.75. The maximum atomic E-state index is 11.8. The van der Waals surface area contributed by atoms with Crippen molar-refractivity contribution >= 4 is 5.91 Å². The Morgan fingerprint density at radius 2 is 1.30 bits per heavy atom. The van der Waals surface area contributed by atoms with Gasteiger partial charge in [0.1, 0.15) is 12.5 Å². The number of aliphatic hydroxyl groups excluding tert-OH is 2. The van der Waals surface area contributed by atoms with Crippen molar-refractivity contribution in [1.29, 1.82) is 0 Å². The molecule has 0 bridgehead atoms. The van der Waals surface area contributed by atoms with Gasteiger partial charge in [-0.2, -0.15) is 0 Å².